The van der Waals surface area contributed by atoms with E-state index in [1.165, 1.54) is 4.90 Å². The number of hydrogen-bond acceptors (Lipinski definition) is 4. The second-order valence-electron chi connectivity index (χ2n) is 3.42. The Balaban J connectivity index is 2.61. The van der Waals surface area contributed by atoms with Crippen molar-refractivity contribution >= 4 is 5.91 Å². The predicted molar refractivity (Wildman–Crippen MR) is 45.0 cm³/mol. The molecule has 0 atom stereocenters. The Bertz CT molecular complexity index is 196. The molecular weight excluding hydrogens is 174 g/mol. The lowest BCUT2D eigenvalue weighted by Gasteiger charge is -2.36. The lowest BCUT2D eigenvalue weighted by Crippen LogP contribution is -2.53. The summed E-state index contributed by atoms with van der Waals surface area (Å²) in [6, 6.07) is 0. The Kier molecular flexibility index (Phi) is 2.90. The van der Waals surface area contributed by atoms with Crippen molar-refractivity contribution in [2.45, 2.75) is 18.8 Å². The molecule has 1 aliphatic rings. The first-order valence-corrected chi connectivity index (χ1v) is 4.13. The van der Waals surface area contributed by atoms with Crippen molar-refractivity contribution in [1.29, 1.82) is 0 Å². The van der Waals surface area contributed by atoms with Crippen LogP contribution >= 0.6 is 0 Å². The van der Waals surface area contributed by atoms with Crippen LogP contribution in [-0.4, -0.2) is 55.1 Å². The van der Waals surface area contributed by atoms with E-state index in [0.29, 0.717) is 0 Å². The van der Waals surface area contributed by atoms with Crippen LogP contribution in [0.25, 0.3) is 0 Å². The zero-order valence-electron chi connectivity index (χ0n) is 8.11. The minimum absolute atomic E-state index is 0.135. The van der Waals surface area contributed by atoms with Gasteiger partial charge < -0.3 is 19.5 Å². The largest absolute Gasteiger partial charge is 0.388 e. The van der Waals surface area contributed by atoms with Crippen molar-refractivity contribution in [3.63, 3.8) is 0 Å². The second-order valence-corrected chi connectivity index (χ2v) is 3.42. The maximum atomic E-state index is 11.5. The molecule has 0 aromatic heterocycles. The lowest BCUT2D eigenvalue weighted by atomic mass is 10.2. The summed E-state index contributed by atoms with van der Waals surface area (Å²) in [6.45, 7) is 1.83. The van der Waals surface area contributed by atoms with Gasteiger partial charge in [0.05, 0.1) is 13.2 Å². The molecule has 0 aromatic carbocycles. The number of nitrogens with zero attached hydrogens (tertiary/aromatic N) is 1. The van der Waals surface area contributed by atoms with Gasteiger partial charge in [-0.3, -0.25) is 4.79 Å². The number of hydrogen-bond donors (Lipinski definition) is 1. The Labute approximate surface area is 77.2 Å². The molecule has 0 spiro atoms. The van der Waals surface area contributed by atoms with Crippen LogP contribution in [-0.2, 0) is 14.3 Å². The SMILES string of the molecule is CN(C)C(=O)C1(C)OCC(O)CO1. The normalized spacial score (nSPS) is 34.3. The van der Waals surface area contributed by atoms with Crippen molar-refractivity contribution in [3.05, 3.63) is 0 Å². The van der Waals surface area contributed by atoms with Crippen LogP contribution in [0.5, 0.6) is 0 Å². The average Bonchev–Trinajstić information content (AvgIpc) is 2.09. The number of rotatable bonds is 1. The fourth-order valence-corrected chi connectivity index (χ4v) is 1.13. The monoisotopic (exact) mass is 189 g/mol. The van der Waals surface area contributed by atoms with Gasteiger partial charge in [0.15, 0.2) is 0 Å². The number of likely N-dealkylation sites (N-methyl/N-ethyl adjacent to an activating group) is 1. The summed E-state index contributed by atoms with van der Waals surface area (Å²) in [5.41, 5.74) is 0. The fourth-order valence-electron chi connectivity index (χ4n) is 1.13. The molecule has 0 unspecified atom stereocenters. The Morgan fingerprint density at radius 3 is 2.31 bits per heavy atom. The van der Waals surface area contributed by atoms with Crippen LogP contribution < -0.4 is 0 Å². The topological polar surface area (TPSA) is 59.0 Å². The van der Waals surface area contributed by atoms with Gasteiger partial charge in [0.25, 0.3) is 5.91 Å². The summed E-state index contributed by atoms with van der Waals surface area (Å²) in [5, 5.41) is 9.09. The van der Waals surface area contributed by atoms with Gasteiger partial charge in [0, 0.05) is 14.1 Å². The van der Waals surface area contributed by atoms with E-state index >= 15 is 0 Å². The third-order valence-electron chi connectivity index (χ3n) is 1.90. The van der Waals surface area contributed by atoms with Crippen molar-refractivity contribution in [3.8, 4) is 0 Å². The van der Waals surface area contributed by atoms with Crippen LogP contribution in [0.1, 0.15) is 6.92 Å². The minimum atomic E-state index is -1.23. The molecule has 0 aromatic rings. The standard InChI is InChI=1S/C8H15NO4/c1-8(7(11)9(2)3)12-4-6(10)5-13-8/h6,10H,4-5H2,1-3H3. The smallest absolute Gasteiger partial charge is 0.282 e. The van der Waals surface area contributed by atoms with E-state index in [0.717, 1.165) is 0 Å². The minimum Gasteiger partial charge on any atom is -0.388 e. The zero-order valence-corrected chi connectivity index (χ0v) is 8.11. The van der Waals surface area contributed by atoms with Crippen molar-refractivity contribution in [2.24, 2.45) is 0 Å². The first-order chi connectivity index (χ1) is 5.96. The molecule has 1 heterocycles. The number of carbonyl (C=O) groups is 1. The van der Waals surface area contributed by atoms with E-state index in [4.69, 9.17) is 14.6 Å². The molecule has 0 saturated carbocycles. The molecule has 13 heavy (non-hydrogen) atoms. The number of carbonyl (C=O) groups excluding carboxylic acids is 1. The lowest BCUT2D eigenvalue weighted by molar-refractivity contribution is -0.273. The predicted octanol–water partition coefficient (Wildman–Crippen LogP) is -0.802. The Morgan fingerprint density at radius 2 is 1.92 bits per heavy atom. The van der Waals surface area contributed by atoms with Crippen LogP contribution in [0.2, 0.25) is 0 Å². The number of ether oxygens (including phenoxy) is 2. The van der Waals surface area contributed by atoms with E-state index in [-0.39, 0.29) is 19.1 Å². The highest BCUT2D eigenvalue weighted by Gasteiger charge is 2.40. The molecule has 1 N–H and O–H groups in total. The Hall–Kier alpha value is -0.650. The van der Waals surface area contributed by atoms with E-state index in [9.17, 15) is 4.79 Å². The third-order valence-corrected chi connectivity index (χ3v) is 1.90. The first kappa shape index (κ1) is 10.4. The second kappa shape index (κ2) is 3.61. The highest BCUT2D eigenvalue weighted by Crippen LogP contribution is 2.20. The summed E-state index contributed by atoms with van der Waals surface area (Å²) < 4.78 is 10.3. The molecule has 0 radical (unpaired) electrons. The summed E-state index contributed by atoms with van der Waals surface area (Å²) in [7, 11) is 3.26. The Morgan fingerprint density at radius 1 is 1.46 bits per heavy atom. The number of amides is 1. The summed E-state index contributed by atoms with van der Waals surface area (Å²) >= 11 is 0. The molecule has 1 amide bonds. The van der Waals surface area contributed by atoms with Gasteiger partial charge in [0.2, 0.25) is 5.79 Å². The van der Waals surface area contributed by atoms with E-state index < -0.39 is 11.9 Å². The molecule has 5 nitrogen and oxygen atoms in total. The van der Waals surface area contributed by atoms with E-state index in [1.807, 2.05) is 0 Å². The van der Waals surface area contributed by atoms with Gasteiger partial charge in [0.1, 0.15) is 6.10 Å². The van der Waals surface area contributed by atoms with Crippen LogP contribution in [0, 0.1) is 0 Å². The zero-order chi connectivity index (χ0) is 10.1. The van der Waals surface area contributed by atoms with Crippen molar-refractivity contribution < 1.29 is 19.4 Å². The van der Waals surface area contributed by atoms with Crippen molar-refractivity contribution in [2.75, 3.05) is 27.3 Å². The summed E-state index contributed by atoms with van der Waals surface area (Å²) in [5.74, 6) is -1.48. The maximum absolute atomic E-state index is 11.5. The van der Waals surface area contributed by atoms with Gasteiger partial charge in [-0.2, -0.15) is 0 Å². The van der Waals surface area contributed by atoms with Gasteiger partial charge in [-0.05, 0) is 6.92 Å². The van der Waals surface area contributed by atoms with E-state index in [1.54, 1.807) is 21.0 Å². The quantitative estimate of drug-likeness (QED) is 0.586. The fraction of sp³-hybridized carbons (Fsp3) is 0.875. The number of aliphatic hydroxyl groups is 1. The van der Waals surface area contributed by atoms with E-state index in [2.05, 4.69) is 0 Å². The molecule has 76 valence electrons. The molecule has 1 fully saturated rings. The molecule has 0 bridgehead atoms. The van der Waals surface area contributed by atoms with Gasteiger partial charge in [-0.1, -0.05) is 0 Å². The molecule has 1 rings (SSSR count). The van der Waals surface area contributed by atoms with Crippen LogP contribution in [0.15, 0.2) is 0 Å². The summed E-state index contributed by atoms with van der Waals surface area (Å²) in [4.78, 5) is 12.9. The summed E-state index contributed by atoms with van der Waals surface area (Å²) in [6.07, 6.45) is -0.636. The van der Waals surface area contributed by atoms with Crippen molar-refractivity contribution in [1.82, 2.24) is 4.90 Å². The molecular formula is C8H15NO4. The number of aliphatic hydroxyl groups excluding tert-OH is 1. The van der Waals surface area contributed by atoms with Crippen LogP contribution in [0.4, 0.5) is 0 Å². The average molecular weight is 189 g/mol. The molecule has 1 saturated heterocycles. The molecule has 5 heteroatoms. The highest BCUT2D eigenvalue weighted by molar-refractivity contribution is 5.82. The maximum Gasteiger partial charge on any atom is 0.282 e. The highest BCUT2D eigenvalue weighted by atomic mass is 16.7. The van der Waals surface area contributed by atoms with Gasteiger partial charge >= 0.3 is 0 Å². The third kappa shape index (κ3) is 2.18. The first-order valence-electron chi connectivity index (χ1n) is 4.13. The van der Waals surface area contributed by atoms with Crippen LogP contribution in [0.3, 0.4) is 0 Å². The van der Waals surface area contributed by atoms with Gasteiger partial charge in [-0.25, -0.2) is 0 Å². The molecule has 0 aliphatic carbocycles. The van der Waals surface area contributed by atoms with Gasteiger partial charge in [-0.15, -0.1) is 0 Å². The molecule has 1 aliphatic heterocycles.